The SMILES string of the molecule is O=C(O)[C@H]1CC[C@](F)(C(=O)N2CC[C@](c3ccc(C(F)(C(F)(F)F)C(F)(F)F)cc3)(S(=O)(=O)c3ccc(F)cc3)C2)CC1. The summed E-state index contributed by atoms with van der Waals surface area (Å²) in [7, 11) is -4.71. The molecule has 1 aliphatic heterocycles. The number of benzene rings is 2. The van der Waals surface area contributed by atoms with Gasteiger partial charge in [0.25, 0.3) is 5.91 Å². The number of likely N-dealkylation sites (tertiary alicyclic amines) is 1. The summed E-state index contributed by atoms with van der Waals surface area (Å²) in [6.45, 7) is -1.20. The van der Waals surface area contributed by atoms with Crippen molar-refractivity contribution in [1.82, 2.24) is 4.90 Å². The van der Waals surface area contributed by atoms with Crippen molar-refractivity contribution in [1.29, 1.82) is 0 Å². The monoisotopic (exact) mass is 645 g/mol. The van der Waals surface area contributed by atoms with E-state index < -0.39 is 110 Å². The molecule has 6 nitrogen and oxygen atoms in total. The average molecular weight is 646 g/mol. The first kappa shape index (κ1) is 32.6. The zero-order valence-electron chi connectivity index (χ0n) is 22.0. The molecule has 2 aliphatic rings. The standard InChI is InChI=1S/C27H24F9NO5S/c28-19-5-7-20(8-6-19)43(41,42)24(17-1-3-18(4-2-17)25(30,26(31,32)33)27(34,35)36)13-14-37(15-24)22(40)23(29)11-9-16(10-12-23)21(38)39/h1-8,16H,9-15H2,(H,38,39)/t16-,23+,24-/m0/s1. The Morgan fingerprint density at radius 3 is 1.81 bits per heavy atom. The van der Waals surface area contributed by atoms with Crippen LogP contribution in [0, 0.1) is 11.7 Å². The fourth-order valence-corrected chi connectivity index (χ4v) is 7.79. The molecule has 1 saturated heterocycles. The van der Waals surface area contributed by atoms with Crippen molar-refractivity contribution >= 4 is 21.7 Å². The average Bonchev–Trinajstić information content (AvgIpc) is 3.39. The lowest BCUT2D eigenvalue weighted by atomic mass is 9.79. The van der Waals surface area contributed by atoms with Gasteiger partial charge in [-0.25, -0.2) is 21.6 Å². The van der Waals surface area contributed by atoms with E-state index in [-0.39, 0.29) is 25.0 Å². The molecule has 1 saturated carbocycles. The van der Waals surface area contributed by atoms with Crippen LogP contribution < -0.4 is 0 Å². The zero-order chi connectivity index (χ0) is 32.2. The highest BCUT2D eigenvalue weighted by molar-refractivity contribution is 7.92. The Balaban J connectivity index is 1.77. The second-order valence-corrected chi connectivity index (χ2v) is 13.0. The molecule has 4 rings (SSSR count). The lowest BCUT2D eigenvalue weighted by molar-refractivity contribution is -0.348. The first-order chi connectivity index (χ1) is 19.7. The summed E-state index contributed by atoms with van der Waals surface area (Å²) in [5.41, 5.74) is -10.6. The minimum atomic E-state index is -6.42. The lowest BCUT2D eigenvalue weighted by Gasteiger charge is -2.35. The number of carbonyl (C=O) groups excluding carboxylic acids is 1. The number of hydrogen-bond acceptors (Lipinski definition) is 4. The summed E-state index contributed by atoms with van der Waals surface area (Å²) in [4.78, 5) is 24.9. The molecule has 1 N–H and O–H groups in total. The molecule has 0 aromatic heterocycles. The van der Waals surface area contributed by atoms with E-state index in [0.717, 1.165) is 29.2 Å². The Bertz CT molecular complexity index is 1470. The number of halogens is 9. The quantitative estimate of drug-likeness (QED) is 0.308. The third kappa shape index (κ3) is 5.35. The maximum Gasteiger partial charge on any atom is 0.435 e. The van der Waals surface area contributed by atoms with Gasteiger partial charge < -0.3 is 10.0 Å². The minimum absolute atomic E-state index is 0.145. The number of sulfone groups is 1. The Morgan fingerprint density at radius 1 is 0.837 bits per heavy atom. The van der Waals surface area contributed by atoms with Crippen LogP contribution in [-0.2, 0) is 29.8 Å². The predicted octanol–water partition coefficient (Wildman–Crippen LogP) is 6.00. The van der Waals surface area contributed by atoms with E-state index in [1.807, 2.05) is 0 Å². The highest BCUT2D eigenvalue weighted by Gasteiger charge is 2.73. The van der Waals surface area contributed by atoms with Crippen LogP contribution in [0.3, 0.4) is 0 Å². The number of carboxylic acids is 1. The van der Waals surface area contributed by atoms with Gasteiger partial charge >= 0.3 is 24.0 Å². The van der Waals surface area contributed by atoms with Crippen molar-refractivity contribution in [3.05, 3.63) is 65.5 Å². The van der Waals surface area contributed by atoms with Gasteiger partial charge in [-0.2, -0.15) is 26.3 Å². The molecule has 0 unspecified atom stereocenters. The number of amides is 1. The minimum Gasteiger partial charge on any atom is -0.481 e. The highest BCUT2D eigenvalue weighted by atomic mass is 32.2. The second kappa shape index (κ2) is 10.7. The van der Waals surface area contributed by atoms with Gasteiger partial charge in [0.2, 0.25) is 0 Å². The molecule has 2 fully saturated rings. The Hall–Kier alpha value is -3.30. The van der Waals surface area contributed by atoms with Crippen molar-refractivity contribution < 1.29 is 62.6 Å². The normalized spacial score (nSPS) is 25.5. The van der Waals surface area contributed by atoms with E-state index in [1.54, 1.807) is 0 Å². The van der Waals surface area contributed by atoms with Gasteiger partial charge in [0, 0.05) is 18.7 Å². The first-order valence-corrected chi connectivity index (χ1v) is 14.3. The summed E-state index contributed by atoms with van der Waals surface area (Å²) >= 11 is 0. The predicted molar refractivity (Wildman–Crippen MR) is 131 cm³/mol. The second-order valence-electron chi connectivity index (χ2n) is 10.7. The molecule has 43 heavy (non-hydrogen) atoms. The Labute approximate surface area is 239 Å². The zero-order valence-corrected chi connectivity index (χ0v) is 22.8. The van der Waals surface area contributed by atoms with Gasteiger partial charge in [-0.05, 0) is 61.9 Å². The topological polar surface area (TPSA) is 91.8 Å². The molecule has 1 aliphatic carbocycles. The van der Waals surface area contributed by atoms with Crippen LogP contribution in [0.4, 0.5) is 39.5 Å². The molecule has 1 atom stereocenters. The molecule has 1 amide bonds. The molecule has 2 aromatic carbocycles. The molecule has 0 bridgehead atoms. The van der Waals surface area contributed by atoms with Crippen LogP contribution in [-0.4, -0.2) is 61.4 Å². The Morgan fingerprint density at radius 2 is 1.35 bits per heavy atom. The molecular formula is C27H24F9NO5S. The van der Waals surface area contributed by atoms with Crippen LogP contribution in [0.25, 0.3) is 0 Å². The molecule has 0 spiro atoms. The molecule has 1 heterocycles. The highest BCUT2D eigenvalue weighted by Crippen LogP contribution is 2.54. The molecule has 236 valence electrons. The molecule has 16 heteroatoms. The fourth-order valence-electron chi connectivity index (χ4n) is 5.72. The van der Waals surface area contributed by atoms with Gasteiger partial charge in [-0.1, -0.05) is 24.3 Å². The van der Waals surface area contributed by atoms with Crippen molar-refractivity contribution in [3.8, 4) is 0 Å². The number of carbonyl (C=O) groups is 2. The van der Waals surface area contributed by atoms with Crippen LogP contribution >= 0.6 is 0 Å². The van der Waals surface area contributed by atoms with Crippen LogP contribution in [0.1, 0.15) is 43.2 Å². The van der Waals surface area contributed by atoms with Gasteiger partial charge in [0.1, 0.15) is 10.6 Å². The number of hydrogen-bond donors (Lipinski definition) is 1. The smallest absolute Gasteiger partial charge is 0.435 e. The largest absolute Gasteiger partial charge is 0.481 e. The first-order valence-electron chi connectivity index (χ1n) is 12.8. The Kier molecular flexibility index (Phi) is 8.11. The van der Waals surface area contributed by atoms with E-state index in [9.17, 15) is 58.2 Å². The fraction of sp³-hybridized carbons (Fsp3) is 0.481. The van der Waals surface area contributed by atoms with Crippen LogP contribution in [0.5, 0.6) is 0 Å². The molecular weight excluding hydrogens is 621 g/mol. The van der Waals surface area contributed by atoms with Crippen LogP contribution in [0.2, 0.25) is 0 Å². The third-order valence-electron chi connectivity index (χ3n) is 8.26. The van der Waals surface area contributed by atoms with Crippen molar-refractivity contribution in [3.63, 3.8) is 0 Å². The number of alkyl halides is 8. The summed E-state index contributed by atoms with van der Waals surface area (Å²) in [6, 6.07) is 4.76. The van der Waals surface area contributed by atoms with Gasteiger partial charge in [-0.3, -0.25) is 9.59 Å². The number of carboxylic acid groups (broad SMARTS) is 1. The third-order valence-corrected chi connectivity index (χ3v) is 10.7. The van der Waals surface area contributed by atoms with Crippen LogP contribution in [0.15, 0.2) is 53.4 Å². The number of nitrogens with zero attached hydrogens (tertiary/aromatic N) is 1. The van der Waals surface area contributed by atoms with E-state index in [1.165, 1.54) is 0 Å². The van der Waals surface area contributed by atoms with Crippen molar-refractivity contribution in [2.24, 2.45) is 5.92 Å². The van der Waals surface area contributed by atoms with Gasteiger partial charge in [0.15, 0.2) is 15.5 Å². The summed E-state index contributed by atoms with van der Waals surface area (Å²) in [5.74, 6) is -4.03. The lowest BCUT2D eigenvalue weighted by Crippen LogP contribution is -2.50. The van der Waals surface area contributed by atoms with Crippen molar-refractivity contribution in [2.75, 3.05) is 13.1 Å². The number of aliphatic carboxylic acids is 1. The summed E-state index contributed by atoms with van der Waals surface area (Å²) < 4.78 is 149. The number of rotatable bonds is 6. The van der Waals surface area contributed by atoms with Gasteiger partial charge in [0.05, 0.1) is 10.8 Å². The maximum absolute atomic E-state index is 15.8. The van der Waals surface area contributed by atoms with Gasteiger partial charge in [-0.15, -0.1) is 0 Å². The van der Waals surface area contributed by atoms with E-state index in [4.69, 9.17) is 0 Å². The molecule has 0 radical (unpaired) electrons. The summed E-state index contributed by atoms with van der Waals surface area (Å²) in [5, 5.41) is 9.17. The molecule has 2 aromatic rings. The van der Waals surface area contributed by atoms with Crippen molar-refractivity contribution in [2.45, 2.75) is 65.4 Å². The summed E-state index contributed by atoms with van der Waals surface area (Å²) in [6.07, 6.45) is -14.6. The van der Waals surface area contributed by atoms with E-state index in [2.05, 4.69) is 0 Å². The van der Waals surface area contributed by atoms with E-state index in [0.29, 0.717) is 12.1 Å². The maximum atomic E-state index is 15.8. The van der Waals surface area contributed by atoms with E-state index >= 15 is 4.39 Å².